The number of hydrogen-bond donors (Lipinski definition) is 1. The van der Waals surface area contributed by atoms with E-state index in [1.165, 1.54) is 0 Å². The van der Waals surface area contributed by atoms with Crippen molar-refractivity contribution in [2.24, 2.45) is 0 Å². The molecule has 0 aliphatic rings. The van der Waals surface area contributed by atoms with Gasteiger partial charge in [0.05, 0.1) is 27.8 Å². The Morgan fingerprint density at radius 1 is 1.30 bits per heavy atom. The smallest absolute Gasteiger partial charge is 0.0848 e. The average Bonchev–Trinajstić information content (AvgIpc) is 2.64. The number of pyridine rings is 1. The third-order valence-corrected chi connectivity index (χ3v) is 3.59. The number of hydrogen-bond acceptors (Lipinski definition) is 3. The maximum atomic E-state index is 6.20. The van der Waals surface area contributed by atoms with Crippen molar-refractivity contribution in [3.8, 4) is 5.69 Å². The normalized spacial score (nSPS) is 11.9. The molecule has 5 heteroatoms. The van der Waals surface area contributed by atoms with Crippen LogP contribution in [0.1, 0.15) is 37.9 Å². The van der Waals surface area contributed by atoms with Crippen LogP contribution >= 0.6 is 11.6 Å². The number of nitrogens with one attached hydrogen (secondary N) is 1. The first-order valence-electron chi connectivity index (χ1n) is 6.70. The van der Waals surface area contributed by atoms with Gasteiger partial charge < -0.3 is 5.32 Å². The van der Waals surface area contributed by atoms with E-state index in [2.05, 4.69) is 36.2 Å². The second-order valence-electron chi connectivity index (χ2n) is 6.01. The van der Waals surface area contributed by atoms with Crippen molar-refractivity contribution in [2.45, 2.75) is 46.7 Å². The quantitative estimate of drug-likeness (QED) is 0.942. The minimum atomic E-state index is 0.0686. The van der Waals surface area contributed by atoms with Gasteiger partial charge in [-0.25, -0.2) is 4.68 Å². The van der Waals surface area contributed by atoms with Crippen LogP contribution in [0.5, 0.6) is 0 Å². The van der Waals surface area contributed by atoms with Gasteiger partial charge >= 0.3 is 0 Å². The minimum Gasteiger partial charge on any atom is -0.306 e. The fourth-order valence-corrected chi connectivity index (χ4v) is 2.04. The van der Waals surface area contributed by atoms with Gasteiger partial charge in [-0.15, -0.1) is 0 Å². The summed E-state index contributed by atoms with van der Waals surface area (Å²) in [5, 5.41) is 8.62. The van der Waals surface area contributed by atoms with E-state index in [4.69, 9.17) is 11.6 Å². The lowest BCUT2D eigenvalue weighted by Gasteiger charge is -2.20. The summed E-state index contributed by atoms with van der Waals surface area (Å²) in [6.07, 6.45) is 1.80. The van der Waals surface area contributed by atoms with Crippen LogP contribution in [-0.2, 0) is 6.54 Å². The van der Waals surface area contributed by atoms with Crippen molar-refractivity contribution in [2.75, 3.05) is 0 Å². The topological polar surface area (TPSA) is 42.7 Å². The highest BCUT2D eigenvalue weighted by molar-refractivity contribution is 6.31. The van der Waals surface area contributed by atoms with Gasteiger partial charge in [-0.05, 0) is 46.8 Å². The molecule has 108 valence electrons. The van der Waals surface area contributed by atoms with Crippen LogP contribution in [0, 0.1) is 13.8 Å². The molecular weight excluding hydrogens is 272 g/mol. The lowest BCUT2D eigenvalue weighted by Crippen LogP contribution is -2.35. The molecule has 0 bridgehead atoms. The fourth-order valence-electron chi connectivity index (χ4n) is 1.92. The number of aromatic nitrogens is 3. The minimum absolute atomic E-state index is 0.0686. The summed E-state index contributed by atoms with van der Waals surface area (Å²) >= 11 is 6.20. The highest BCUT2D eigenvalue weighted by Gasteiger charge is 2.12. The first-order chi connectivity index (χ1) is 9.28. The molecule has 2 heterocycles. The summed E-state index contributed by atoms with van der Waals surface area (Å²) in [5.41, 5.74) is 3.83. The molecule has 0 saturated heterocycles. The number of halogens is 1. The van der Waals surface area contributed by atoms with Crippen molar-refractivity contribution in [3.05, 3.63) is 40.4 Å². The number of rotatable bonds is 3. The Morgan fingerprint density at radius 2 is 2.00 bits per heavy atom. The molecular formula is C15H21ClN4. The van der Waals surface area contributed by atoms with Crippen LogP contribution in [-0.4, -0.2) is 20.3 Å². The Labute approximate surface area is 125 Å². The van der Waals surface area contributed by atoms with Gasteiger partial charge in [0.2, 0.25) is 0 Å². The largest absolute Gasteiger partial charge is 0.306 e. The van der Waals surface area contributed by atoms with Gasteiger partial charge in [0.1, 0.15) is 0 Å². The van der Waals surface area contributed by atoms with E-state index in [1.54, 1.807) is 6.20 Å². The Bertz CT molecular complexity index is 611. The monoisotopic (exact) mass is 292 g/mol. The van der Waals surface area contributed by atoms with Gasteiger partial charge in [-0.3, -0.25) is 4.98 Å². The molecule has 0 aliphatic carbocycles. The Kier molecular flexibility index (Phi) is 4.16. The molecule has 0 atom stereocenters. The standard InChI is InChI=1S/C15H21ClN4/c1-10-14(16)11(2)20(19-10)13-6-7-17-12(8-13)9-18-15(3,4)5/h6-8,18H,9H2,1-5H3. The maximum Gasteiger partial charge on any atom is 0.0848 e. The van der Waals surface area contributed by atoms with Gasteiger partial charge in [0.15, 0.2) is 0 Å². The zero-order valence-electron chi connectivity index (χ0n) is 12.7. The molecule has 2 rings (SSSR count). The van der Waals surface area contributed by atoms with E-state index in [9.17, 15) is 0 Å². The van der Waals surface area contributed by atoms with Gasteiger partial charge in [0, 0.05) is 18.3 Å². The maximum absolute atomic E-state index is 6.20. The lowest BCUT2D eigenvalue weighted by molar-refractivity contribution is 0.421. The number of aryl methyl sites for hydroxylation is 1. The Hall–Kier alpha value is -1.39. The van der Waals surface area contributed by atoms with Crippen LogP contribution in [0.3, 0.4) is 0 Å². The molecule has 2 aromatic heterocycles. The van der Waals surface area contributed by atoms with Crippen molar-refractivity contribution in [1.82, 2.24) is 20.1 Å². The van der Waals surface area contributed by atoms with Gasteiger partial charge in [-0.2, -0.15) is 5.10 Å². The van der Waals surface area contributed by atoms with Crippen molar-refractivity contribution in [3.63, 3.8) is 0 Å². The zero-order valence-corrected chi connectivity index (χ0v) is 13.4. The molecule has 4 nitrogen and oxygen atoms in total. The SMILES string of the molecule is Cc1nn(-c2ccnc(CNC(C)(C)C)c2)c(C)c1Cl. The van der Waals surface area contributed by atoms with Crippen LogP contribution in [0.25, 0.3) is 5.69 Å². The average molecular weight is 293 g/mol. The van der Waals surface area contributed by atoms with E-state index in [1.807, 2.05) is 30.7 Å². The lowest BCUT2D eigenvalue weighted by atomic mass is 10.1. The predicted octanol–water partition coefficient (Wildman–Crippen LogP) is 3.43. The summed E-state index contributed by atoms with van der Waals surface area (Å²) in [7, 11) is 0. The summed E-state index contributed by atoms with van der Waals surface area (Å²) in [6, 6.07) is 3.98. The van der Waals surface area contributed by atoms with Crippen LogP contribution in [0.4, 0.5) is 0 Å². The van der Waals surface area contributed by atoms with Gasteiger partial charge in [0.25, 0.3) is 0 Å². The number of nitrogens with zero attached hydrogens (tertiary/aromatic N) is 3. The van der Waals surface area contributed by atoms with Crippen LogP contribution in [0.2, 0.25) is 5.02 Å². The van der Waals surface area contributed by atoms with Gasteiger partial charge in [-0.1, -0.05) is 11.6 Å². The predicted molar refractivity (Wildman–Crippen MR) is 82.4 cm³/mol. The molecule has 20 heavy (non-hydrogen) atoms. The molecule has 0 amide bonds. The highest BCUT2D eigenvalue weighted by Crippen LogP contribution is 2.22. The fraction of sp³-hybridized carbons (Fsp3) is 0.467. The molecule has 1 N–H and O–H groups in total. The third kappa shape index (κ3) is 3.38. The van der Waals surface area contributed by atoms with Crippen molar-refractivity contribution >= 4 is 11.6 Å². The second-order valence-corrected chi connectivity index (χ2v) is 6.38. The summed E-state index contributed by atoms with van der Waals surface area (Å²) in [5.74, 6) is 0. The summed E-state index contributed by atoms with van der Waals surface area (Å²) in [4.78, 5) is 4.39. The summed E-state index contributed by atoms with van der Waals surface area (Å²) in [6.45, 7) is 11.0. The first-order valence-corrected chi connectivity index (χ1v) is 7.08. The molecule has 0 spiro atoms. The molecule has 0 fully saturated rings. The van der Waals surface area contributed by atoms with E-state index < -0.39 is 0 Å². The molecule has 0 aromatic carbocycles. The van der Waals surface area contributed by atoms with E-state index in [-0.39, 0.29) is 5.54 Å². The zero-order chi connectivity index (χ0) is 14.9. The molecule has 0 saturated carbocycles. The highest BCUT2D eigenvalue weighted by atomic mass is 35.5. The first kappa shape index (κ1) is 15.0. The molecule has 0 radical (unpaired) electrons. The second kappa shape index (κ2) is 5.54. The third-order valence-electron chi connectivity index (χ3n) is 3.05. The van der Waals surface area contributed by atoms with Crippen LogP contribution < -0.4 is 5.32 Å². The molecule has 0 aliphatic heterocycles. The Morgan fingerprint density at radius 3 is 2.55 bits per heavy atom. The summed E-state index contributed by atoms with van der Waals surface area (Å²) < 4.78 is 1.86. The molecule has 2 aromatic rings. The van der Waals surface area contributed by atoms with E-state index in [0.717, 1.165) is 34.3 Å². The van der Waals surface area contributed by atoms with E-state index >= 15 is 0 Å². The van der Waals surface area contributed by atoms with Crippen molar-refractivity contribution < 1.29 is 0 Å². The Balaban J connectivity index is 2.28. The van der Waals surface area contributed by atoms with Crippen LogP contribution in [0.15, 0.2) is 18.3 Å². The van der Waals surface area contributed by atoms with Crippen molar-refractivity contribution in [1.29, 1.82) is 0 Å². The van der Waals surface area contributed by atoms with E-state index in [0.29, 0.717) is 0 Å². The molecule has 0 unspecified atom stereocenters.